The van der Waals surface area contributed by atoms with E-state index in [9.17, 15) is 27.6 Å². The predicted octanol–water partition coefficient (Wildman–Crippen LogP) is 2.80. The fourth-order valence-corrected chi connectivity index (χ4v) is 3.88. The van der Waals surface area contributed by atoms with Gasteiger partial charge >= 0.3 is 12.4 Å². The van der Waals surface area contributed by atoms with Gasteiger partial charge in [-0.05, 0) is 30.5 Å². The minimum absolute atomic E-state index is 0.0440. The summed E-state index contributed by atoms with van der Waals surface area (Å²) < 4.78 is 40.3. The molecule has 10 heteroatoms. The first kappa shape index (κ1) is 20.9. The van der Waals surface area contributed by atoms with E-state index in [4.69, 9.17) is 0 Å². The second-order valence-electron chi connectivity index (χ2n) is 7.29. The molecule has 158 valence electrons. The molecular weight excluding hydrogens is 391 g/mol. The Kier molecular flexibility index (Phi) is 5.72. The number of hydrogen-bond donors (Lipinski definition) is 1. The molecular formula is C19H22F3N3O4. The van der Waals surface area contributed by atoms with Crippen LogP contribution in [0.3, 0.4) is 0 Å². The molecule has 2 fully saturated rings. The summed E-state index contributed by atoms with van der Waals surface area (Å²) in [5, 5.41) is 2.57. The zero-order chi connectivity index (χ0) is 21.2. The number of amides is 4. The van der Waals surface area contributed by atoms with Crippen molar-refractivity contribution in [3.8, 4) is 5.75 Å². The SMILES string of the molecule is CN1C(=O)N(CC(=O)NCc2ccc(OC(F)(F)F)cc2)C(=O)C12CCCCC2. The first-order valence-electron chi connectivity index (χ1n) is 9.33. The summed E-state index contributed by atoms with van der Waals surface area (Å²) in [5.74, 6) is -1.22. The monoisotopic (exact) mass is 413 g/mol. The van der Waals surface area contributed by atoms with Crippen LogP contribution in [0.25, 0.3) is 0 Å². The van der Waals surface area contributed by atoms with E-state index >= 15 is 0 Å². The van der Waals surface area contributed by atoms with Gasteiger partial charge in [-0.15, -0.1) is 13.2 Å². The number of ether oxygens (including phenoxy) is 1. The lowest BCUT2D eigenvalue weighted by Crippen LogP contribution is -2.49. The van der Waals surface area contributed by atoms with Crippen molar-refractivity contribution in [3.63, 3.8) is 0 Å². The van der Waals surface area contributed by atoms with Gasteiger partial charge in [0.1, 0.15) is 17.8 Å². The van der Waals surface area contributed by atoms with Crippen LogP contribution < -0.4 is 10.1 Å². The Hall–Kier alpha value is -2.78. The van der Waals surface area contributed by atoms with Crippen LogP contribution in [0, 0.1) is 0 Å². The van der Waals surface area contributed by atoms with Gasteiger partial charge in [0, 0.05) is 13.6 Å². The Labute approximate surface area is 165 Å². The molecule has 1 spiro atoms. The molecule has 0 aromatic heterocycles. The molecule has 1 aromatic carbocycles. The van der Waals surface area contributed by atoms with Crippen LogP contribution in [0.5, 0.6) is 5.75 Å². The molecule has 2 aliphatic rings. The molecule has 1 aromatic rings. The number of halogens is 3. The van der Waals surface area contributed by atoms with Crippen LogP contribution in [0.1, 0.15) is 37.7 Å². The van der Waals surface area contributed by atoms with E-state index in [1.54, 1.807) is 7.05 Å². The third-order valence-electron chi connectivity index (χ3n) is 5.43. The summed E-state index contributed by atoms with van der Waals surface area (Å²) >= 11 is 0. The summed E-state index contributed by atoms with van der Waals surface area (Å²) in [6.07, 6.45) is -0.844. The van der Waals surface area contributed by atoms with Gasteiger partial charge in [-0.3, -0.25) is 14.5 Å². The maximum absolute atomic E-state index is 12.8. The van der Waals surface area contributed by atoms with Crippen molar-refractivity contribution in [1.29, 1.82) is 0 Å². The van der Waals surface area contributed by atoms with E-state index < -0.39 is 23.8 Å². The zero-order valence-corrected chi connectivity index (χ0v) is 15.9. The van der Waals surface area contributed by atoms with Crippen LogP contribution in [-0.2, 0) is 16.1 Å². The van der Waals surface area contributed by atoms with Crippen molar-refractivity contribution in [2.45, 2.75) is 50.6 Å². The maximum Gasteiger partial charge on any atom is 0.573 e. The molecule has 1 N–H and O–H groups in total. The number of nitrogens with zero attached hydrogens (tertiary/aromatic N) is 2. The van der Waals surface area contributed by atoms with Crippen LogP contribution >= 0.6 is 0 Å². The quantitative estimate of drug-likeness (QED) is 0.753. The maximum atomic E-state index is 12.8. The molecule has 1 aliphatic heterocycles. The number of likely N-dealkylation sites (N-methyl/N-ethyl adjacent to an activating group) is 1. The Morgan fingerprint density at radius 2 is 1.76 bits per heavy atom. The minimum Gasteiger partial charge on any atom is -0.406 e. The second kappa shape index (κ2) is 7.92. The number of benzene rings is 1. The number of nitrogens with one attached hydrogen (secondary N) is 1. The smallest absolute Gasteiger partial charge is 0.406 e. The largest absolute Gasteiger partial charge is 0.573 e. The number of hydrogen-bond acceptors (Lipinski definition) is 4. The van der Waals surface area contributed by atoms with Crippen molar-refractivity contribution >= 4 is 17.8 Å². The summed E-state index contributed by atoms with van der Waals surface area (Å²) in [4.78, 5) is 40.0. The molecule has 1 saturated carbocycles. The standard InChI is InChI=1S/C19H22F3N3O4/c1-24-17(28)25(16(27)18(24)9-3-2-4-10-18)12-15(26)23-11-13-5-7-14(8-6-13)29-19(20,21)22/h5-8H,2-4,9-12H2,1H3,(H,23,26). The summed E-state index contributed by atoms with van der Waals surface area (Å²) in [5.41, 5.74) is -0.294. The number of carbonyl (C=O) groups excluding carboxylic acids is 3. The lowest BCUT2D eigenvalue weighted by Gasteiger charge is -2.35. The van der Waals surface area contributed by atoms with E-state index in [0.717, 1.165) is 36.3 Å². The normalized spacial score (nSPS) is 19.0. The van der Waals surface area contributed by atoms with Gasteiger partial charge < -0.3 is 15.0 Å². The predicted molar refractivity (Wildman–Crippen MR) is 95.7 cm³/mol. The van der Waals surface area contributed by atoms with Gasteiger partial charge in [-0.25, -0.2) is 4.79 Å². The number of urea groups is 1. The van der Waals surface area contributed by atoms with Gasteiger partial charge in [-0.1, -0.05) is 31.4 Å². The lowest BCUT2D eigenvalue weighted by molar-refractivity contribution is -0.274. The van der Waals surface area contributed by atoms with Gasteiger partial charge in [0.2, 0.25) is 5.91 Å². The molecule has 29 heavy (non-hydrogen) atoms. The van der Waals surface area contributed by atoms with Gasteiger partial charge in [-0.2, -0.15) is 0 Å². The topological polar surface area (TPSA) is 79.0 Å². The molecule has 0 bridgehead atoms. The molecule has 0 radical (unpaired) electrons. The number of carbonyl (C=O) groups is 3. The number of alkyl halides is 3. The fourth-order valence-electron chi connectivity index (χ4n) is 3.88. The molecule has 0 unspecified atom stereocenters. The van der Waals surface area contributed by atoms with Crippen LogP contribution in [0.15, 0.2) is 24.3 Å². The van der Waals surface area contributed by atoms with E-state index in [2.05, 4.69) is 10.1 Å². The van der Waals surface area contributed by atoms with Crippen molar-refractivity contribution in [3.05, 3.63) is 29.8 Å². The zero-order valence-electron chi connectivity index (χ0n) is 15.9. The van der Waals surface area contributed by atoms with Crippen LogP contribution in [0.4, 0.5) is 18.0 Å². The van der Waals surface area contributed by atoms with E-state index in [-0.39, 0.29) is 24.7 Å². The van der Waals surface area contributed by atoms with Crippen molar-refractivity contribution < 1.29 is 32.3 Å². The number of rotatable bonds is 5. The third-order valence-corrected chi connectivity index (χ3v) is 5.43. The van der Waals surface area contributed by atoms with Gasteiger partial charge in [0.05, 0.1) is 0 Å². The first-order valence-corrected chi connectivity index (χ1v) is 9.33. The Morgan fingerprint density at radius 3 is 2.34 bits per heavy atom. The molecule has 3 rings (SSSR count). The summed E-state index contributed by atoms with van der Waals surface area (Å²) in [6.45, 7) is -0.346. The Morgan fingerprint density at radius 1 is 1.14 bits per heavy atom. The minimum atomic E-state index is -4.77. The molecule has 1 saturated heterocycles. The first-order chi connectivity index (χ1) is 13.6. The average molecular weight is 413 g/mol. The fraction of sp³-hybridized carbons (Fsp3) is 0.526. The molecule has 4 amide bonds. The summed E-state index contributed by atoms with van der Waals surface area (Å²) in [7, 11) is 1.59. The van der Waals surface area contributed by atoms with Crippen molar-refractivity contribution in [1.82, 2.24) is 15.1 Å². The highest BCUT2D eigenvalue weighted by molar-refractivity contribution is 6.08. The van der Waals surface area contributed by atoms with E-state index in [0.29, 0.717) is 18.4 Å². The molecule has 0 atom stereocenters. The molecule has 7 nitrogen and oxygen atoms in total. The van der Waals surface area contributed by atoms with Crippen LogP contribution in [0.2, 0.25) is 0 Å². The lowest BCUT2D eigenvalue weighted by atomic mass is 9.81. The molecule has 1 heterocycles. The Balaban J connectivity index is 1.55. The third kappa shape index (κ3) is 4.46. The summed E-state index contributed by atoms with van der Waals surface area (Å²) in [6, 6.07) is 4.58. The Bertz CT molecular complexity index is 789. The van der Waals surface area contributed by atoms with Gasteiger partial charge in [0.15, 0.2) is 0 Å². The van der Waals surface area contributed by atoms with Gasteiger partial charge in [0.25, 0.3) is 5.91 Å². The van der Waals surface area contributed by atoms with Crippen molar-refractivity contribution in [2.24, 2.45) is 0 Å². The van der Waals surface area contributed by atoms with Crippen molar-refractivity contribution in [2.75, 3.05) is 13.6 Å². The van der Waals surface area contributed by atoms with E-state index in [1.165, 1.54) is 17.0 Å². The second-order valence-corrected chi connectivity index (χ2v) is 7.29. The molecule has 1 aliphatic carbocycles. The highest BCUT2D eigenvalue weighted by Gasteiger charge is 2.55. The van der Waals surface area contributed by atoms with Crippen LogP contribution in [-0.4, -0.2) is 53.1 Å². The average Bonchev–Trinajstić information content (AvgIpc) is 2.83. The highest BCUT2D eigenvalue weighted by Crippen LogP contribution is 2.39. The highest BCUT2D eigenvalue weighted by atomic mass is 19.4. The van der Waals surface area contributed by atoms with E-state index in [1.807, 2.05) is 0 Å². The number of imide groups is 1.